The monoisotopic (exact) mass is 179 g/mol. The van der Waals surface area contributed by atoms with E-state index < -0.39 is 12.0 Å². The lowest BCUT2D eigenvalue weighted by atomic mass is 10.2. The molecule has 10 heavy (non-hydrogen) atoms. The molecule has 3 N–H and O–H groups in total. The zero-order valence-corrected chi connectivity index (χ0v) is 7.20. The minimum Gasteiger partial charge on any atom is -0.480 e. The molecule has 0 unspecified atom stereocenters. The lowest BCUT2D eigenvalue weighted by Crippen LogP contribution is -2.29. The predicted octanol–water partition coefficient (Wildman–Crippen LogP) is 0.587. The highest BCUT2D eigenvalue weighted by Gasteiger charge is 2.09. The second-order valence-corrected chi connectivity index (χ2v) is 3.42. The van der Waals surface area contributed by atoms with Gasteiger partial charge in [0.05, 0.1) is 0 Å². The molecule has 0 aromatic rings. The summed E-state index contributed by atoms with van der Waals surface area (Å²) in [6, 6.07) is -0.711. The maximum atomic E-state index is 10.1. The first kappa shape index (κ1) is 9.95. The van der Waals surface area contributed by atoms with Crippen LogP contribution >= 0.6 is 7.36 Å². The average molecular weight is 179 g/mol. The summed E-state index contributed by atoms with van der Waals surface area (Å²) in [6.45, 7) is 0. The minimum absolute atomic E-state index is 0.527. The topological polar surface area (TPSA) is 63.3 Å². The summed E-state index contributed by atoms with van der Waals surface area (Å²) in [7, 11) is 0.888. The number of hydrogen-bond acceptors (Lipinski definition) is 3. The van der Waals surface area contributed by atoms with Gasteiger partial charge in [-0.25, -0.2) is 0 Å². The van der Waals surface area contributed by atoms with Gasteiger partial charge in [-0.15, -0.1) is 0 Å². The minimum atomic E-state index is -0.930. The second kappa shape index (κ2) is 5.71. The molecule has 0 aliphatic carbocycles. The highest BCUT2D eigenvalue weighted by Crippen LogP contribution is 2.01. The molecular formula is C5H10NO2PS. The van der Waals surface area contributed by atoms with Gasteiger partial charge in [0.25, 0.3) is 0 Å². The van der Waals surface area contributed by atoms with Crippen LogP contribution in [0.2, 0.25) is 0 Å². The highest BCUT2D eigenvalue weighted by molar-refractivity contribution is 7.96. The Morgan fingerprint density at radius 2 is 2.40 bits per heavy atom. The quantitative estimate of drug-likeness (QED) is 0.479. The van der Waals surface area contributed by atoms with E-state index in [9.17, 15) is 4.79 Å². The molecule has 5 heteroatoms. The lowest BCUT2D eigenvalue weighted by molar-refractivity contribution is -0.138. The summed E-state index contributed by atoms with van der Waals surface area (Å²) in [6.07, 6.45) is 2.19. The fraction of sp³-hybridized carbons (Fsp3) is 0.800. The second-order valence-electron chi connectivity index (χ2n) is 1.94. The van der Waals surface area contributed by atoms with Gasteiger partial charge in [0, 0.05) is 0 Å². The Hall–Kier alpha value is -0.0500. The van der Waals surface area contributed by atoms with Crippen LogP contribution in [0.4, 0.5) is 0 Å². The van der Waals surface area contributed by atoms with Gasteiger partial charge in [-0.1, -0.05) is 11.8 Å². The highest BCUT2D eigenvalue weighted by atomic mass is 32.4. The Balaban J connectivity index is 3.30. The molecule has 3 nitrogen and oxygen atoms in total. The van der Waals surface area contributed by atoms with Crippen LogP contribution in [-0.2, 0) is 16.6 Å². The molecular weight excluding hydrogens is 169 g/mol. The first-order valence-corrected chi connectivity index (χ1v) is 5.05. The van der Waals surface area contributed by atoms with Crippen LogP contribution in [0.1, 0.15) is 12.8 Å². The third-order valence-corrected chi connectivity index (χ3v) is 2.13. The van der Waals surface area contributed by atoms with Crippen LogP contribution in [0.3, 0.4) is 0 Å². The lowest BCUT2D eigenvalue weighted by Gasteiger charge is -2.02. The van der Waals surface area contributed by atoms with E-state index in [1.54, 1.807) is 0 Å². The van der Waals surface area contributed by atoms with Crippen molar-refractivity contribution < 1.29 is 9.90 Å². The molecule has 0 aliphatic heterocycles. The van der Waals surface area contributed by atoms with E-state index in [0.717, 1.165) is 19.9 Å². The molecule has 0 aliphatic rings. The molecule has 0 bridgehead atoms. The molecule has 0 amide bonds. The fourth-order valence-electron chi connectivity index (χ4n) is 0.499. The zero-order valence-electron chi connectivity index (χ0n) is 5.49. The number of hydrogen-bond donors (Lipinski definition) is 2. The average Bonchev–Trinajstić information content (AvgIpc) is 1.88. The SMILES string of the molecule is N[C@@H](CCCP=S)C(=O)O. The van der Waals surface area contributed by atoms with E-state index in [-0.39, 0.29) is 0 Å². The molecule has 1 atom stereocenters. The molecule has 0 spiro atoms. The van der Waals surface area contributed by atoms with Crippen molar-refractivity contribution in [3.8, 4) is 0 Å². The molecule has 0 radical (unpaired) electrons. The first-order valence-electron chi connectivity index (χ1n) is 2.96. The molecule has 0 fully saturated rings. The van der Waals surface area contributed by atoms with Crippen LogP contribution < -0.4 is 5.73 Å². The molecule has 0 saturated carbocycles. The van der Waals surface area contributed by atoms with Crippen LogP contribution in [0.25, 0.3) is 0 Å². The smallest absolute Gasteiger partial charge is 0.320 e. The Bertz CT molecular complexity index is 131. The van der Waals surface area contributed by atoms with Crippen molar-refractivity contribution in [2.24, 2.45) is 5.73 Å². The van der Waals surface area contributed by atoms with Crippen molar-refractivity contribution in [1.29, 1.82) is 0 Å². The van der Waals surface area contributed by atoms with Gasteiger partial charge in [-0.05, 0) is 26.4 Å². The summed E-state index contributed by atoms with van der Waals surface area (Å²) in [5.41, 5.74) is 5.22. The summed E-state index contributed by atoms with van der Waals surface area (Å²) < 4.78 is 0. The normalized spacial score (nSPS) is 13.3. The zero-order chi connectivity index (χ0) is 7.98. The molecule has 0 aromatic carbocycles. The van der Waals surface area contributed by atoms with Crippen molar-refractivity contribution in [1.82, 2.24) is 0 Å². The van der Waals surface area contributed by atoms with Crippen LogP contribution in [0.5, 0.6) is 0 Å². The number of carboxylic acid groups (broad SMARTS) is 1. The van der Waals surface area contributed by atoms with E-state index in [1.165, 1.54) is 0 Å². The fourth-order valence-corrected chi connectivity index (χ4v) is 1.20. The molecule has 0 rings (SSSR count). The van der Waals surface area contributed by atoms with Crippen molar-refractivity contribution in [3.63, 3.8) is 0 Å². The number of aliphatic carboxylic acids is 1. The Morgan fingerprint density at radius 1 is 1.80 bits per heavy atom. The van der Waals surface area contributed by atoms with Crippen molar-refractivity contribution in [2.45, 2.75) is 18.9 Å². The van der Waals surface area contributed by atoms with Gasteiger partial charge >= 0.3 is 5.97 Å². The van der Waals surface area contributed by atoms with Gasteiger partial charge in [0.2, 0.25) is 0 Å². The van der Waals surface area contributed by atoms with Gasteiger partial charge in [0.15, 0.2) is 0 Å². The van der Waals surface area contributed by atoms with Crippen LogP contribution in [0.15, 0.2) is 0 Å². The molecule has 0 saturated heterocycles. The largest absolute Gasteiger partial charge is 0.480 e. The number of nitrogens with two attached hydrogens (primary N) is 1. The molecule has 0 heterocycles. The van der Waals surface area contributed by atoms with E-state index in [0.29, 0.717) is 6.42 Å². The van der Waals surface area contributed by atoms with E-state index in [1.807, 2.05) is 0 Å². The third kappa shape index (κ3) is 4.79. The van der Waals surface area contributed by atoms with E-state index in [2.05, 4.69) is 11.8 Å². The standard InChI is InChI=1S/C5H10NO2PS/c6-4(5(7)8)2-1-3-9-10/h4H,1-3,6H2,(H,7,8)/t4-/m0/s1. The van der Waals surface area contributed by atoms with Gasteiger partial charge in [0.1, 0.15) is 6.04 Å². The van der Waals surface area contributed by atoms with Crippen molar-refractivity contribution >= 4 is 25.1 Å². The van der Waals surface area contributed by atoms with Gasteiger partial charge in [-0.3, -0.25) is 4.79 Å². The molecule has 58 valence electrons. The summed E-state index contributed by atoms with van der Waals surface area (Å²) >= 11 is 4.65. The van der Waals surface area contributed by atoms with Crippen molar-refractivity contribution in [3.05, 3.63) is 0 Å². The third-order valence-electron chi connectivity index (χ3n) is 1.08. The predicted molar refractivity (Wildman–Crippen MR) is 44.0 cm³/mol. The maximum Gasteiger partial charge on any atom is 0.320 e. The first-order chi connectivity index (χ1) is 4.68. The Morgan fingerprint density at radius 3 is 2.80 bits per heavy atom. The van der Waals surface area contributed by atoms with E-state index >= 15 is 0 Å². The summed E-state index contributed by atoms with van der Waals surface area (Å²) in [5, 5.41) is 8.33. The maximum absolute atomic E-state index is 10.1. The van der Waals surface area contributed by atoms with E-state index in [4.69, 9.17) is 10.8 Å². The molecule has 0 aromatic heterocycles. The van der Waals surface area contributed by atoms with Gasteiger partial charge < -0.3 is 10.8 Å². The Kier molecular flexibility index (Phi) is 5.69. The number of carboxylic acids is 1. The Labute approximate surface area is 66.4 Å². The van der Waals surface area contributed by atoms with Crippen LogP contribution in [-0.4, -0.2) is 23.3 Å². The summed E-state index contributed by atoms with van der Waals surface area (Å²) in [5.74, 6) is -0.930. The van der Waals surface area contributed by atoms with Gasteiger partial charge in [-0.2, -0.15) is 0 Å². The summed E-state index contributed by atoms with van der Waals surface area (Å²) in [4.78, 5) is 10.1. The number of carbonyl (C=O) groups is 1. The number of rotatable bonds is 5. The van der Waals surface area contributed by atoms with Crippen molar-refractivity contribution in [2.75, 3.05) is 6.16 Å². The van der Waals surface area contributed by atoms with Crippen LogP contribution in [0, 0.1) is 0 Å².